The van der Waals surface area contributed by atoms with E-state index in [4.69, 9.17) is 5.11 Å². The van der Waals surface area contributed by atoms with E-state index >= 15 is 0 Å². The van der Waals surface area contributed by atoms with E-state index in [9.17, 15) is 0 Å². The summed E-state index contributed by atoms with van der Waals surface area (Å²) >= 11 is 1.79. The number of unbranched alkanes of at least 4 members (excludes halogenated alkanes) is 2. The Morgan fingerprint density at radius 1 is 0.970 bits per heavy atom. The quantitative estimate of drug-likeness (QED) is 0.397. The molecule has 0 amide bonds. The smallest absolute Gasteiger partial charge is 0.148 e. The first-order valence-corrected chi connectivity index (χ1v) is 13.7. The van der Waals surface area contributed by atoms with Crippen LogP contribution in [0.2, 0.25) is 0 Å². The molecule has 1 aromatic rings. The van der Waals surface area contributed by atoms with Crippen LogP contribution in [-0.2, 0) is 10.8 Å². The fourth-order valence-corrected chi connectivity index (χ4v) is 6.44. The lowest BCUT2D eigenvalue weighted by atomic mass is 9.63. The van der Waals surface area contributed by atoms with Crippen molar-refractivity contribution in [2.45, 2.75) is 83.1 Å². The average Bonchev–Trinajstić information content (AvgIpc) is 2.80. The van der Waals surface area contributed by atoms with Gasteiger partial charge in [0.05, 0.1) is 5.70 Å². The summed E-state index contributed by atoms with van der Waals surface area (Å²) < 4.78 is 3.61. The number of nitrogens with zero attached hydrogens (tertiary/aromatic N) is 2. The topological polar surface area (TPSA) is 50.8 Å². The summed E-state index contributed by atoms with van der Waals surface area (Å²) in [6, 6.07) is 7.17. The number of piperazine rings is 1. The molecule has 2 heterocycles. The summed E-state index contributed by atoms with van der Waals surface area (Å²) in [6.07, 6.45) is 5.74. The number of aliphatic hydroxyl groups excluding tert-OH is 1. The van der Waals surface area contributed by atoms with Gasteiger partial charge in [-0.05, 0) is 91.1 Å². The average molecular weight is 473 g/mol. The molecule has 1 atom stereocenters. The second kappa shape index (κ2) is 10.2. The van der Waals surface area contributed by atoms with Crippen LogP contribution in [0.25, 0.3) is 5.70 Å². The number of benzene rings is 1. The monoisotopic (exact) mass is 472 g/mol. The summed E-state index contributed by atoms with van der Waals surface area (Å²) in [6.45, 7) is 17.7. The largest absolute Gasteiger partial charge is 0.396 e. The summed E-state index contributed by atoms with van der Waals surface area (Å²) in [7, 11) is 0. The first-order chi connectivity index (χ1) is 15.7. The predicted molar refractivity (Wildman–Crippen MR) is 141 cm³/mol. The lowest BCUT2D eigenvalue weighted by Gasteiger charge is -2.43. The third kappa shape index (κ3) is 5.55. The molecule has 4 rings (SSSR count). The van der Waals surface area contributed by atoms with Crippen LogP contribution < -0.4 is 10.0 Å². The Bertz CT molecular complexity index is 858. The molecule has 0 bridgehead atoms. The van der Waals surface area contributed by atoms with Crippen molar-refractivity contribution in [3.05, 3.63) is 40.6 Å². The molecule has 6 heteroatoms. The fourth-order valence-electron chi connectivity index (χ4n) is 5.51. The molecule has 0 spiro atoms. The fraction of sp³-hybridized carbons (Fsp3) is 0.704. The maximum atomic E-state index is 8.97. The normalized spacial score (nSPS) is 25.3. The minimum absolute atomic E-state index is 0.221. The van der Waals surface area contributed by atoms with Crippen molar-refractivity contribution in [3.63, 3.8) is 0 Å². The van der Waals surface area contributed by atoms with Crippen LogP contribution in [0.1, 0.15) is 83.4 Å². The Balaban J connectivity index is 1.43. The number of fused-ring (bicyclic) bond motifs is 1. The molecule has 0 radical (unpaired) electrons. The minimum Gasteiger partial charge on any atom is -0.396 e. The Hall–Kier alpha value is -1.21. The molecule has 5 nitrogen and oxygen atoms in total. The van der Waals surface area contributed by atoms with Crippen LogP contribution in [0.15, 0.2) is 23.9 Å². The molecular weight excluding hydrogens is 428 g/mol. The zero-order valence-electron chi connectivity index (χ0n) is 21.3. The highest BCUT2D eigenvalue weighted by Crippen LogP contribution is 2.46. The lowest BCUT2D eigenvalue weighted by Crippen LogP contribution is -2.55. The van der Waals surface area contributed by atoms with Gasteiger partial charge in [-0.25, -0.2) is 0 Å². The summed E-state index contributed by atoms with van der Waals surface area (Å²) in [5.74, 6) is 0. The van der Waals surface area contributed by atoms with E-state index in [1.807, 2.05) is 0 Å². The van der Waals surface area contributed by atoms with Crippen LogP contribution in [0, 0.1) is 0 Å². The summed E-state index contributed by atoms with van der Waals surface area (Å²) in [5.41, 5.74) is 7.52. The molecular formula is C27H44N4OS. The Morgan fingerprint density at radius 3 is 2.36 bits per heavy atom. The van der Waals surface area contributed by atoms with Crippen molar-refractivity contribution < 1.29 is 5.11 Å². The van der Waals surface area contributed by atoms with Gasteiger partial charge in [-0.2, -0.15) is 0 Å². The molecule has 1 fully saturated rings. The molecule has 3 aliphatic rings. The first-order valence-electron chi connectivity index (χ1n) is 12.8. The van der Waals surface area contributed by atoms with Gasteiger partial charge in [-0.3, -0.25) is 4.90 Å². The van der Waals surface area contributed by atoms with Gasteiger partial charge in [0.15, 0.2) is 0 Å². The van der Waals surface area contributed by atoms with E-state index in [1.165, 1.54) is 47.3 Å². The molecule has 184 valence electrons. The number of rotatable bonds is 7. The SMILES string of the molecule is CC1=C(c2ccc3c(c2)C(C)(C)CCC3(C)C)NC(N2CCN(CCCCCO)CC2)SN1. The number of hydrogen-bond acceptors (Lipinski definition) is 6. The number of nitrogens with one attached hydrogen (secondary N) is 2. The molecule has 1 aliphatic carbocycles. The van der Waals surface area contributed by atoms with Gasteiger partial charge >= 0.3 is 0 Å². The molecule has 0 saturated carbocycles. The zero-order valence-corrected chi connectivity index (χ0v) is 22.2. The standard InChI is InChI=1S/C27H44N4OS/c1-20-24(21-9-10-22-23(19-21)27(4,5)12-11-26(22,2)3)28-25(33-29-20)31-16-14-30(15-17-31)13-7-6-8-18-32/h9-10,19,25,28-29,32H,6-8,11-18H2,1-5H3. The zero-order chi connectivity index (χ0) is 23.6. The second-order valence-corrected chi connectivity index (χ2v) is 12.3. The van der Waals surface area contributed by atoms with E-state index in [0.29, 0.717) is 6.61 Å². The van der Waals surface area contributed by atoms with E-state index in [0.717, 1.165) is 45.6 Å². The summed E-state index contributed by atoms with van der Waals surface area (Å²) in [5, 5.41) is 12.9. The van der Waals surface area contributed by atoms with Gasteiger partial charge < -0.3 is 20.0 Å². The number of hydrogen-bond donors (Lipinski definition) is 3. The van der Waals surface area contributed by atoms with Gasteiger partial charge in [0.1, 0.15) is 5.50 Å². The van der Waals surface area contributed by atoms with Gasteiger partial charge in [0.2, 0.25) is 0 Å². The minimum atomic E-state index is 0.221. The molecule has 1 saturated heterocycles. The van der Waals surface area contributed by atoms with Crippen molar-refractivity contribution >= 4 is 17.6 Å². The highest BCUT2D eigenvalue weighted by Gasteiger charge is 2.37. The van der Waals surface area contributed by atoms with Crippen molar-refractivity contribution in [1.82, 2.24) is 19.8 Å². The van der Waals surface area contributed by atoms with Gasteiger partial charge in [0.25, 0.3) is 0 Å². The van der Waals surface area contributed by atoms with Crippen LogP contribution >= 0.6 is 11.9 Å². The van der Waals surface area contributed by atoms with Crippen LogP contribution in [0.4, 0.5) is 0 Å². The number of allylic oxidation sites excluding steroid dienone is 1. The predicted octanol–water partition coefficient (Wildman–Crippen LogP) is 4.63. The van der Waals surface area contributed by atoms with E-state index in [2.05, 4.69) is 72.7 Å². The second-order valence-electron chi connectivity index (χ2n) is 11.4. The van der Waals surface area contributed by atoms with Crippen molar-refractivity contribution in [2.24, 2.45) is 0 Å². The first kappa shape index (κ1) is 24.9. The maximum absolute atomic E-state index is 8.97. The van der Waals surface area contributed by atoms with Gasteiger partial charge in [0, 0.05) is 38.5 Å². The van der Waals surface area contributed by atoms with Crippen molar-refractivity contribution in [2.75, 3.05) is 39.3 Å². The van der Waals surface area contributed by atoms with Crippen LogP contribution in [-0.4, -0.2) is 59.7 Å². The van der Waals surface area contributed by atoms with E-state index in [-0.39, 0.29) is 16.3 Å². The van der Waals surface area contributed by atoms with Crippen LogP contribution in [0.5, 0.6) is 0 Å². The van der Waals surface area contributed by atoms with Crippen molar-refractivity contribution in [1.29, 1.82) is 0 Å². The van der Waals surface area contributed by atoms with Crippen LogP contribution in [0.3, 0.4) is 0 Å². The number of aliphatic hydroxyl groups is 1. The molecule has 0 aromatic heterocycles. The maximum Gasteiger partial charge on any atom is 0.148 e. The molecule has 1 unspecified atom stereocenters. The van der Waals surface area contributed by atoms with Crippen molar-refractivity contribution in [3.8, 4) is 0 Å². The van der Waals surface area contributed by atoms with Gasteiger partial charge in [-0.1, -0.05) is 39.8 Å². The Kier molecular flexibility index (Phi) is 7.69. The van der Waals surface area contributed by atoms with E-state index < -0.39 is 0 Å². The molecule has 2 aliphatic heterocycles. The van der Waals surface area contributed by atoms with E-state index in [1.54, 1.807) is 11.9 Å². The lowest BCUT2D eigenvalue weighted by molar-refractivity contribution is 0.116. The highest BCUT2D eigenvalue weighted by molar-refractivity contribution is 7.98. The van der Waals surface area contributed by atoms with Gasteiger partial charge in [-0.15, -0.1) is 0 Å². The molecule has 3 N–H and O–H groups in total. The molecule has 33 heavy (non-hydrogen) atoms. The molecule has 1 aromatic carbocycles. The Labute approximate surface area is 205 Å². The third-order valence-electron chi connectivity index (χ3n) is 7.98. The third-order valence-corrected chi connectivity index (χ3v) is 9.04. The Morgan fingerprint density at radius 2 is 1.67 bits per heavy atom. The highest BCUT2D eigenvalue weighted by atomic mass is 32.2. The summed E-state index contributed by atoms with van der Waals surface area (Å²) in [4.78, 5) is 5.14.